The number of hydrogen-bond donors (Lipinski definition) is 4. The third-order valence-corrected chi connectivity index (χ3v) is 9.12. The number of hydrogen-bond acceptors (Lipinski definition) is 7. The average molecular weight is 590 g/mol. The van der Waals surface area contributed by atoms with E-state index in [0.717, 1.165) is 38.5 Å². The number of carbonyl (C=O) groups is 6. The normalized spacial score (nSPS) is 25.4. The van der Waals surface area contributed by atoms with Gasteiger partial charge in [0.25, 0.3) is 5.91 Å². The summed E-state index contributed by atoms with van der Waals surface area (Å²) in [4.78, 5) is 79.1. The van der Waals surface area contributed by atoms with Crippen LogP contribution in [0.2, 0.25) is 0 Å². The van der Waals surface area contributed by atoms with Crippen molar-refractivity contribution in [2.45, 2.75) is 104 Å². The van der Waals surface area contributed by atoms with E-state index in [0.29, 0.717) is 25.5 Å². The Kier molecular flexibility index (Phi) is 9.52. The first-order chi connectivity index (χ1) is 19.7. The number of likely N-dealkylation sites (tertiary alicyclic amines) is 1. The quantitative estimate of drug-likeness (QED) is 0.185. The summed E-state index contributed by atoms with van der Waals surface area (Å²) in [5.74, 6) is -2.85. The smallest absolute Gasteiger partial charge is 0.328 e. The third-order valence-electron chi connectivity index (χ3n) is 9.12. The van der Waals surface area contributed by atoms with Gasteiger partial charge in [-0.1, -0.05) is 53.9 Å². The molecule has 1 heterocycles. The van der Waals surface area contributed by atoms with Crippen LogP contribution in [-0.4, -0.2) is 77.7 Å². The van der Waals surface area contributed by atoms with E-state index in [9.17, 15) is 28.8 Å². The second-order valence-corrected chi connectivity index (χ2v) is 14.1. The number of rotatable bonds is 13. The molecule has 42 heavy (non-hydrogen) atoms. The minimum atomic E-state index is -1.09. The zero-order valence-electron chi connectivity index (χ0n) is 25.4. The predicted octanol–water partition coefficient (Wildman–Crippen LogP) is 1.25. The maximum absolute atomic E-state index is 14.0. The molecule has 12 heteroatoms. The topological polar surface area (TPSA) is 177 Å². The molecule has 6 atom stereocenters. The highest BCUT2D eigenvalue weighted by molar-refractivity contribution is 6.37. The molecule has 4 aliphatic rings. The van der Waals surface area contributed by atoms with Gasteiger partial charge in [-0.3, -0.25) is 19.2 Å². The summed E-state index contributed by atoms with van der Waals surface area (Å²) >= 11 is 0. The highest BCUT2D eigenvalue weighted by atomic mass is 16.5. The fraction of sp³-hybridized carbons (Fsp3) is 0.800. The second-order valence-electron chi connectivity index (χ2n) is 14.1. The van der Waals surface area contributed by atoms with E-state index in [1.54, 1.807) is 13.8 Å². The fourth-order valence-electron chi connectivity index (χ4n) is 5.95. The number of amides is 5. The first kappa shape index (κ1) is 31.7. The van der Waals surface area contributed by atoms with E-state index in [2.05, 4.69) is 16.0 Å². The molecule has 1 unspecified atom stereocenters. The van der Waals surface area contributed by atoms with Crippen LogP contribution >= 0.6 is 0 Å². The molecule has 1 aliphatic heterocycles. The minimum Gasteiger partial charge on any atom is -0.464 e. The van der Waals surface area contributed by atoms with Crippen LogP contribution in [-0.2, 0) is 28.7 Å². The van der Waals surface area contributed by atoms with E-state index in [4.69, 9.17) is 10.5 Å². The maximum Gasteiger partial charge on any atom is 0.328 e. The minimum absolute atomic E-state index is 0.0528. The Hall–Kier alpha value is -3.18. The Morgan fingerprint density at radius 3 is 2.14 bits per heavy atom. The number of esters is 1. The molecule has 4 fully saturated rings. The first-order valence-corrected chi connectivity index (χ1v) is 15.4. The molecule has 3 saturated carbocycles. The summed E-state index contributed by atoms with van der Waals surface area (Å²) in [5.41, 5.74) is 4.55. The van der Waals surface area contributed by atoms with Crippen LogP contribution in [0.25, 0.3) is 0 Å². The summed E-state index contributed by atoms with van der Waals surface area (Å²) in [7, 11) is 0. The van der Waals surface area contributed by atoms with Gasteiger partial charge in [-0.25, -0.2) is 9.59 Å². The number of Topliss-reactive ketones (excluding diaryl/α,β-unsaturated/α-hetero) is 1. The summed E-state index contributed by atoms with van der Waals surface area (Å²) < 4.78 is 5.39. The highest BCUT2D eigenvalue weighted by Crippen LogP contribution is 2.50. The molecule has 5 amide bonds. The molecule has 5 N–H and O–H groups in total. The van der Waals surface area contributed by atoms with Gasteiger partial charge in [0.1, 0.15) is 18.1 Å². The van der Waals surface area contributed by atoms with Crippen molar-refractivity contribution in [2.24, 2.45) is 40.7 Å². The largest absolute Gasteiger partial charge is 0.464 e. The molecule has 4 rings (SSSR count). The van der Waals surface area contributed by atoms with Crippen molar-refractivity contribution in [1.29, 1.82) is 0 Å². The number of nitrogens with two attached hydrogens (primary N) is 1. The van der Waals surface area contributed by atoms with Crippen LogP contribution in [0, 0.1) is 35.0 Å². The van der Waals surface area contributed by atoms with Crippen LogP contribution in [0.4, 0.5) is 4.79 Å². The van der Waals surface area contributed by atoms with Gasteiger partial charge in [-0.15, -0.1) is 0 Å². The molecular formula is C30H47N5O7. The molecule has 0 aromatic rings. The number of piperidine rings is 1. The molecule has 0 aromatic heterocycles. The lowest BCUT2D eigenvalue weighted by molar-refractivity contribution is -0.147. The number of nitrogens with zero attached hydrogens (tertiary/aromatic N) is 1. The van der Waals surface area contributed by atoms with Crippen LogP contribution in [0.5, 0.6) is 0 Å². The molecular weight excluding hydrogens is 542 g/mol. The Labute approximate surface area is 247 Å². The molecule has 1 saturated heterocycles. The predicted molar refractivity (Wildman–Crippen MR) is 152 cm³/mol. The van der Waals surface area contributed by atoms with E-state index in [1.807, 2.05) is 20.8 Å². The summed E-state index contributed by atoms with van der Waals surface area (Å²) in [5, 5.41) is 8.18. The van der Waals surface area contributed by atoms with Gasteiger partial charge in [0.05, 0.1) is 12.6 Å². The molecule has 12 nitrogen and oxygen atoms in total. The lowest BCUT2D eigenvalue weighted by Gasteiger charge is -2.37. The molecule has 234 valence electrons. The van der Waals surface area contributed by atoms with Crippen molar-refractivity contribution in [3.05, 3.63) is 0 Å². The van der Waals surface area contributed by atoms with Crippen molar-refractivity contribution in [1.82, 2.24) is 20.9 Å². The number of ether oxygens (including phenoxy) is 1. The number of fused-ring (bicyclic) bond motifs is 1. The van der Waals surface area contributed by atoms with Crippen molar-refractivity contribution in [3.8, 4) is 0 Å². The number of ketones is 1. The van der Waals surface area contributed by atoms with E-state index in [1.165, 1.54) is 4.90 Å². The third kappa shape index (κ3) is 7.60. The lowest BCUT2D eigenvalue weighted by atomic mass is 9.80. The van der Waals surface area contributed by atoms with Crippen molar-refractivity contribution >= 4 is 35.5 Å². The van der Waals surface area contributed by atoms with Crippen molar-refractivity contribution in [3.63, 3.8) is 0 Å². The molecule has 0 aromatic carbocycles. The van der Waals surface area contributed by atoms with Crippen LogP contribution in [0.3, 0.4) is 0 Å². The van der Waals surface area contributed by atoms with Crippen molar-refractivity contribution < 1.29 is 33.5 Å². The highest BCUT2D eigenvalue weighted by Gasteiger charge is 2.58. The fourth-order valence-corrected chi connectivity index (χ4v) is 5.95. The monoisotopic (exact) mass is 589 g/mol. The standard InChI is InChI=1S/C30H47N5O7/c1-15(2)21(28(40)42-14-17-9-10-17)33-29(41)34-24(30(3,4)5)27(39)35-13-18-12-19(18)22(35)26(38)32-20(23(36)25(31)37)11-16-7-6-8-16/h15-22,24H,6-14H2,1-5H3,(H2,31,37)(H,32,38)(H2,33,34,41)/t18-,19-,20?,21-,22-,24+/m0/s1. The SMILES string of the molecule is CC(C)[C@H](NC(=O)N[C@H](C(=O)N1C[C@@H]2C[C@@H]2[C@H]1C(=O)NC(CC1CCC1)C(=O)C(N)=O)C(C)(C)C)C(=O)OCC1CC1. The number of nitrogens with one attached hydrogen (secondary N) is 3. The van der Waals surface area contributed by atoms with Gasteiger partial charge in [0, 0.05) is 6.54 Å². The number of urea groups is 1. The molecule has 0 radical (unpaired) electrons. The van der Waals surface area contributed by atoms with Crippen LogP contribution in [0.1, 0.15) is 79.6 Å². The molecule has 3 aliphatic carbocycles. The van der Waals surface area contributed by atoms with Gasteiger partial charge >= 0.3 is 12.0 Å². The Balaban J connectivity index is 1.44. The Bertz CT molecular complexity index is 1090. The van der Waals surface area contributed by atoms with Crippen molar-refractivity contribution in [2.75, 3.05) is 13.2 Å². The van der Waals surface area contributed by atoms with E-state index >= 15 is 0 Å². The van der Waals surface area contributed by atoms with Gasteiger partial charge in [0.15, 0.2) is 0 Å². The summed E-state index contributed by atoms with van der Waals surface area (Å²) in [6.45, 7) is 9.73. The van der Waals surface area contributed by atoms with Gasteiger partial charge < -0.3 is 31.3 Å². The van der Waals surface area contributed by atoms with Gasteiger partial charge in [-0.2, -0.15) is 0 Å². The molecule has 0 bridgehead atoms. The first-order valence-electron chi connectivity index (χ1n) is 15.4. The number of carbonyl (C=O) groups excluding carboxylic acids is 6. The Morgan fingerprint density at radius 2 is 1.62 bits per heavy atom. The van der Waals surface area contributed by atoms with E-state index < -0.39 is 65.1 Å². The lowest BCUT2D eigenvalue weighted by Crippen LogP contribution is -2.62. The van der Waals surface area contributed by atoms with Gasteiger partial charge in [0.2, 0.25) is 17.6 Å². The zero-order chi connectivity index (χ0) is 30.9. The summed E-state index contributed by atoms with van der Waals surface area (Å²) in [6, 6.07) is -4.40. The zero-order valence-corrected chi connectivity index (χ0v) is 25.4. The van der Waals surface area contributed by atoms with Gasteiger partial charge in [-0.05, 0) is 60.7 Å². The Morgan fingerprint density at radius 1 is 0.952 bits per heavy atom. The van der Waals surface area contributed by atoms with E-state index in [-0.39, 0.29) is 23.7 Å². The second kappa shape index (κ2) is 12.6. The maximum atomic E-state index is 14.0. The molecule has 0 spiro atoms. The summed E-state index contributed by atoms with van der Waals surface area (Å²) in [6.07, 6.45) is 6.08. The van der Waals surface area contributed by atoms with Crippen LogP contribution in [0.15, 0.2) is 0 Å². The number of primary amides is 1. The average Bonchev–Trinajstić information content (AvgIpc) is 3.81. The van der Waals surface area contributed by atoms with Crippen LogP contribution < -0.4 is 21.7 Å².